The van der Waals surface area contributed by atoms with Gasteiger partial charge in [0.05, 0.1) is 7.11 Å². The van der Waals surface area contributed by atoms with Crippen molar-refractivity contribution in [3.05, 3.63) is 64.7 Å². The molecule has 1 heterocycles. The number of ether oxygens (including phenoxy) is 1. The fourth-order valence-electron chi connectivity index (χ4n) is 3.27. The fraction of sp³-hybridized carbons (Fsp3) is 0.409. The third-order valence-electron chi connectivity index (χ3n) is 5.15. The van der Waals surface area contributed by atoms with E-state index >= 15 is 0 Å². The smallest absolute Gasteiger partial charge is 0.251 e. The Labute approximate surface area is 161 Å². The lowest BCUT2D eigenvalue weighted by Gasteiger charge is -2.32. The molecule has 1 fully saturated rings. The summed E-state index contributed by atoms with van der Waals surface area (Å²) in [6.45, 7) is 7.97. The Hall–Kier alpha value is -2.37. The van der Waals surface area contributed by atoms with Gasteiger partial charge in [0.1, 0.15) is 5.75 Å². The van der Waals surface area contributed by atoms with Crippen molar-refractivity contribution in [2.24, 2.45) is 0 Å². The van der Waals surface area contributed by atoms with E-state index in [4.69, 9.17) is 4.74 Å². The number of nitrogens with zero attached hydrogens (tertiary/aromatic N) is 2. The molecule has 1 aliphatic heterocycles. The lowest BCUT2D eigenvalue weighted by Crippen LogP contribution is -2.43. The quantitative estimate of drug-likeness (QED) is 0.853. The van der Waals surface area contributed by atoms with Gasteiger partial charge in [0.25, 0.3) is 5.91 Å². The lowest BCUT2D eigenvalue weighted by atomic mass is 10.1. The number of hydrogen-bond donors (Lipinski definition) is 1. The van der Waals surface area contributed by atoms with E-state index in [9.17, 15) is 4.79 Å². The summed E-state index contributed by atoms with van der Waals surface area (Å²) in [6, 6.07) is 14.0. The van der Waals surface area contributed by atoms with Crippen LogP contribution < -0.4 is 10.1 Å². The molecular formula is C22H29N3O2. The average Bonchev–Trinajstić information content (AvgIpc) is 2.69. The number of likely N-dealkylation sites (N-methyl/N-ethyl adjacent to an activating group) is 1. The molecule has 1 aliphatic rings. The minimum Gasteiger partial charge on any atom is -0.496 e. The highest BCUT2D eigenvalue weighted by Crippen LogP contribution is 2.19. The Morgan fingerprint density at radius 1 is 1.04 bits per heavy atom. The summed E-state index contributed by atoms with van der Waals surface area (Å²) in [4.78, 5) is 17.2. The number of nitrogens with one attached hydrogen (secondary N) is 1. The topological polar surface area (TPSA) is 44.8 Å². The van der Waals surface area contributed by atoms with Crippen molar-refractivity contribution in [2.75, 3.05) is 40.3 Å². The molecule has 5 nitrogen and oxygen atoms in total. The molecule has 0 spiro atoms. The third kappa shape index (κ3) is 5.31. The normalized spacial score (nSPS) is 15.5. The van der Waals surface area contributed by atoms with Crippen LogP contribution >= 0.6 is 0 Å². The minimum atomic E-state index is -0.0881. The van der Waals surface area contributed by atoms with Gasteiger partial charge in [-0.2, -0.15) is 0 Å². The van der Waals surface area contributed by atoms with Crippen LogP contribution in [0.15, 0.2) is 42.5 Å². The number of hydrogen-bond acceptors (Lipinski definition) is 4. The molecule has 2 aromatic carbocycles. The van der Waals surface area contributed by atoms with Gasteiger partial charge in [-0.25, -0.2) is 0 Å². The van der Waals surface area contributed by atoms with Gasteiger partial charge in [-0.05, 0) is 42.8 Å². The Balaban J connectivity index is 1.51. The first-order chi connectivity index (χ1) is 13.0. The molecule has 27 heavy (non-hydrogen) atoms. The maximum atomic E-state index is 12.4. The Morgan fingerprint density at radius 2 is 1.70 bits per heavy atom. The molecule has 0 unspecified atom stereocenters. The highest BCUT2D eigenvalue weighted by atomic mass is 16.5. The van der Waals surface area contributed by atoms with Crippen molar-refractivity contribution in [1.29, 1.82) is 0 Å². The molecule has 0 aliphatic carbocycles. The van der Waals surface area contributed by atoms with E-state index in [1.807, 2.05) is 19.1 Å². The zero-order valence-corrected chi connectivity index (χ0v) is 16.5. The standard InChI is InChI=1S/C22H29N3O2/c1-17-4-9-20(14-21(17)27-3)22(26)23-15-18-5-7-19(8-6-18)16-25-12-10-24(2)11-13-25/h4-9,14H,10-13,15-16H2,1-3H3,(H,23,26). The maximum Gasteiger partial charge on any atom is 0.251 e. The number of aryl methyl sites for hydroxylation is 1. The van der Waals surface area contributed by atoms with Crippen LogP contribution in [0.2, 0.25) is 0 Å². The van der Waals surface area contributed by atoms with E-state index in [-0.39, 0.29) is 5.91 Å². The van der Waals surface area contributed by atoms with Crippen LogP contribution in [-0.2, 0) is 13.1 Å². The van der Waals surface area contributed by atoms with Crippen molar-refractivity contribution < 1.29 is 9.53 Å². The molecule has 0 atom stereocenters. The molecular weight excluding hydrogens is 338 g/mol. The van der Waals surface area contributed by atoms with E-state index in [0.717, 1.165) is 49.6 Å². The Kier molecular flexibility index (Phi) is 6.48. The molecule has 0 aromatic heterocycles. The van der Waals surface area contributed by atoms with Crippen LogP contribution in [0.25, 0.3) is 0 Å². The molecule has 3 rings (SSSR count). The second kappa shape index (κ2) is 9.02. The predicted octanol–water partition coefficient (Wildman–Crippen LogP) is 2.68. The number of amides is 1. The van der Waals surface area contributed by atoms with Gasteiger partial charge in [-0.1, -0.05) is 30.3 Å². The van der Waals surface area contributed by atoms with E-state index < -0.39 is 0 Å². The molecule has 1 amide bonds. The zero-order valence-electron chi connectivity index (χ0n) is 16.5. The van der Waals surface area contributed by atoms with Crippen LogP contribution in [-0.4, -0.2) is 56.0 Å². The van der Waals surface area contributed by atoms with Crippen molar-refractivity contribution in [3.63, 3.8) is 0 Å². The predicted molar refractivity (Wildman–Crippen MR) is 108 cm³/mol. The molecule has 5 heteroatoms. The summed E-state index contributed by atoms with van der Waals surface area (Å²) < 4.78 is 5.29. The Morgan fingerprint density at radius 3 is 2.37 bits per heavy atom. The molecule has 1 N–H and O–H groups in total. The van der Waals surface area contributed by atoms with E-state index in [0.29, 0.717) is 12.1 Å². The lowest BCUT2D eigenvalue weighted by molar-refractivity contribution is 0.0950. The molecule has 0 radical (unpaired) electrons. The molecule has 0 bridgehead atoms. The summed E-state index contributed by atoms with van der Waals surface area (Å²) in [5.74, 6) is 0.644. The monoisotopic (exact) mass is 367 g/mol. The summed E-state index contributed by atoms with van der Waals surface area (Å²) >= 11 is 0. The van der Waals surface area contributed by atoms with Gasteiger partial charge in [-0.3, -0.25) is 9.69 Å². The van der Waals surface area contributed by atoms with Crippen molar-refractivity contribution in [1.82, 2.24) is 15.1 Å². The number of benzene rings is 2. The van der Waals surface area contributed by atoms with Gasteiger partial charge >= 0.3 is 0 Å². The van der Waals surface area contributed by atoms with Gasteiger partial charge in [-0.15, -0.1) is 0 Å². The molecule has 0 saturated carbocycles. The summed E-state index contributed by atoms with van der Waals surface area (Å²) in [5, 5.41) is 2.98. The first-order valence-electron chi connectivity index (χ1n) is 9.46. The van der Waals surface area contributed by atoms with Gasteiger partial charge in [0.2, 0.25) is 0 Å². The highest BCUT2D eigenvalue weighted by Gasteiger charge is 2.14. The van der Waals surface area contributed by atoms with Crippen LogP contribution in [0.1, 0.15) is 27.0 Å². The SMILES string of the molecule is COc1cc(C(=O)NCc2ccc(CN3CCN(C)CC3)cc2)ccc1C. The third-order valence-corrected chi connectivity index (χ3v) is 5.15. The van der Waals surface area contributed by atoms with Gasteiger partial charge in [0, 0.05) is 44.8 Å². The molecule has 1 saturated heterocycles. The Bertz CT molecular complexity index is 766. The van der Waals surface area contributed by atoms with Crippen LogP contribution in [0.3, 0.4) is 0 Å². The number of rotatable bonds is 6. The number of carbonyl (C=O) groups excluding carboxylic acids is 1. The second-order valence-corrected chi connectivity index (χ2v) is 7.26. The first kappa shape index (κ1) is 19.4. The van der Waals surface area contributed by atoms with E-state index in [1.165, 1.54) is 5.56 Å². The summed E-state index contributed by atoms with van der Waals surface area (Å²) in [7, 11) is 3.79. The van der Waals surface area contributed by atoms with Crippen molar-refractivity contribution in [3.8, 4) is 5.75 Å². The molecule has 2 aromatic rings. The zero-order chi connectivity index (χ0) is 19.2. The van der Waals surface area contributed by atoms with Gasteiger partial charge < -0.3 is 15.0 Å². The number of methoxy groups -OCH3 is 1. The van der Waals surface area contributed by atoms with Gasteiger partial charge in [0.15, 0.2) is 0 Å². The maximum absolute atomic E-state index is 12.4. The van der Waals surface area contributed by atoms with Crippen LogP contribution in [0, 0.1) is 6.92 Å². The minimum absolute atomic E-state index is 0.0881. The molecule has 144 valence electrons. The van der Waals surface area contributed by atoms with Crippen LogP contribution in [0.5, 0.6) is 5.75 Å². The first-order valence-corrected chi connectivity index (χ1v) is 9.46. The van der Waals surface area contributed by atoms with E-state index in [1.54, 1.807) is 13.2 Å². The van der Waals surface area contributed by atoms with Crippen molar-refractivity contribution >= 4 is 5.91 Å². The fourth-order valence-corrected chi connectivity index (χ4v) is 3.27. The average molecular weight is 367 g/mol. The second-order valence-electron chi connectivity index (χ2n) is 7.26. The largest absolute Gasteiger partial charge is 0.496 e. The number of piperazine rings is 1. The summed E-state index contributed by atoms with van der Waals surface area (Å²) in [5.41, 5.74) is 4.05. The van der Waals surface area contributed by atoms with Crippen molar-refractivity contribution in [2.45, 2.75) is 20.0 Å². The number of carbonyl (C=O) groups is 1. The van der Waals surface area contributed by atoms with Crippen LogP contribution in [0.4, 0.5) is 0 Å². The highest BCUT2D eigenvalue weighted by molar-refractivity contribution is 5.94. The summed E-state index contributed by atoms with van der Waals surface area (Å²) in [6.07, 6.45) is 0. The van der Waals surface area contributed by atoms with E-state index in [2.05, 4.69) is 46.4 Å².